The molecule has 21 heavy (non-hydrogen) atoms. The lowest BCUT2D eigenvalue weighted by atomic mass is 10.1. The van der Waals surface area contributed by atoms with Gasteiger partial charge in [-0.2, -0.15) is 0 Å². The fraction of sp³-hybridized carbons (Fsp3) is 0. The molecule has 1 amide bonds. The van der Waals surface area contributed by atoms with Crippen LogP contribution in [0.4, 0.5) is 14.5 Å². The molecule has 2 rings (SSSR count). The van der Waals surface area contributed by atoms with Gasteiger partial charge in [-0.1, -0.05) is 28.1 Å². The van der Waals surface area contributed by atoms with Crippen molar-refractivity contribution in [2.24, 2.45) is 5.73 Å². The van der Waals surface area contributed by atoms with E-state index in [2.05, 4.69) is 21.2 Å². The summed E-state index contributed by atoms with van der Waals surface area (Å²) in [5.74, 6) is -1.63. The van der Waals surface area contributed by atoms with Gasteiger partial charge in [0, 0.05) is 15.6 Å². The monoisotopic (exact) mass is 370 g/mol. The van der Waals surface area contributed by atoms with Gasteiger partial charge < -0.3 is 11.1 Å². The fourth-order valence-corrected chi connectivity index (χ4v) is 2.34. The van der Waals surface area contributed by atoms with Gasteiger partial charge in [-0.25, -0.2) is 8.78 Å². The molecule has 0 spiro atoms. The number of halogens is 3. The van der Waals surface area contributed by atoms with Gasteiger partial charge in [0.1, 0.15) is 16.6 Å². The molecule has 0 saturated heterocycles. The topological polar surface area (TPSA) is 55.1 Å². The molecule has 0 saturated carbocycles. The number of nitrogens with one attached hydrogen (secondary N) is 1. The predicted molar refractivity (Wildman–Crippen MR) is 84.3 cm³/mol. The van der Waals surface area contributed by atoms with Crippen LogP contribution in [0.5, 0.6) is 0 Å². The van der Waals surface area contributed by atoms with E-state index in [0.29, 0.717) is 4.47 Å². The molecule has 2 aromatic carbocycles. The average Bonchev–Trinajstić information content (AvgIpc) is 2.39. The summed E-state index contributed by atoms with van der Waals surface area (Å²) in [6, 6.07) is 7.41. The summed E-state index contributed by atoms with van der Waals surface area (Å²) in [6.07, 6.45) is 0. The van der Waals surface area contributed by atoms with Crippen LogP contribution in [0.25, 0.3) is 0 Å². The maximum Gasteiger partial charge on any atom is 0.255 e. The molecule has 7 heteroatoms. The summed E-state index contributed by atoms with van der Waals surface area (Å²) in [5, 5.41) is 2.53. The summed E-state index contributed by atoms with van der Waals surface area (Å²) in [4.78, 5) is 12.1. The Labute approximate surface area is 133 Å². The number of thiocarbonyl (C=S) groups is 1. The van der Waals surface area contributed by atoms with Gasteiger partial charge in [0.25, 0.3) is 5.91 Å². The number of anilines is 1. The third-order valence-electron chi connectivity index (χ3n) is 2.62. The molecule has 0 bridgehead atoms. The number of hydrogen-bond acceptors (Lipinski definition) is 2. The van der Waals surface area contributed by atoms with Gasteiger partial charge in [0.15, 0.2) is 0 Å². The second-order valence-electron chi connectivity index (χ2n) is 4.17. The van der Waals surface area contributed by atoms with Crippen LogP contribution in [-0.4, -0.2) is 10.9 Å². The number of nitrogens with two attached hydrogens (primary N) is 1. The van der Waals surface area contributed by atoms with E-state index in [-0.39, 0.29) is 21.8 Å². The Morgan fingerprint density at radius 1 is 1.14 bits per heavy atom. The first kappa shape index (κ1) is 15.5. The highest BCUT2D eigenvalue weighted by atomic mass is 79.9. The largest absolute Gasteiger partial charge is 0.389 e. The lowest BCUT2D eigenvalue weighted by molar-refractivity contribution is 0.102. The summed E-state index contributed by atoms with van der Waals surface area (Å²) in [6.45, 7) is 0. The Morgan fingerprint density at radius 2 is 1.86 bits per heavy atom. The van der Waals surface area contributed by atoms with Gasteiger partial charge in [0.2, 0.25) is 0 Å². The minimum Gasteiger partial charge on any atom is -0.389 e. The standard InChI is InChI=1S/C14H9BrF2N2OS/c15-8-3-7(4-10(17)5-8)14(20)19-12-2-1-9(16)6-11(12)13(18)21/h1-6H,(H2,18,21)(H,19,20). The van der Waals surface area contributed by atoms with Crippen molar-refractivity contribution in [3.05, 3.63) is 63.6 Å². The molecule has 108 valence electrons. The molecule has 0 unspecified atom stereocenters. The number of hydrogen-bond donors (Lipinski definition) is 2. The molecule has 0 aromatic heterocycles. The predicted octanol–water partition coefficient (Wildman–Crippen LogP) is 3.61. The van der Waals surface area contributed by atoms with Crippen LogP contribution in [-0.2, 0) is 0 Å². The lowest BCUT2D eigenvalue weighted by Crippen LogP contribution is -2.18. The minimum atomic E-state index is -0.556. The summed E-state index contributed by atoms with van der Waals surface area (Å²) < 4.78 is 26.9. The zero-order chi connectivity index (χ0) is 15.6. The summed E-state index contributed by atoms with van der Waals surface area (Å²) >= 11 is 7.92. The van der Waals surface area contributed by atoms with E-state index in [1.165, 1.54) is 24.3 Å². The van der Waals surface area contributed by atoms with Crippen molar-refractivity contribution < 1.29 is 13.6 Å². The normalized spacial score (nSPS) is 10.2. The smallest absolute Gasteiger partial charge is 0.255 e. The highest BCUT2D eigenvalue weighted by Gasteiger charge is 2.13. The van der Waals surface area contributed by atoms with E-state index in [4.69, 9.17) is 18.0 Å². The lowest BCUT2D eigenvalue weighted by Gasteiger charge is -2.10. The third-order valence-corrected chi connectivity index (χ3v) is 3.30. The zero-order valence-electron chi connectivity index (χ0n) is 10.5. The minimum absolute atomic E-state index is 0.0507. The molecule has 0 aliphatic heterocycles. The first-order chi connectivity index (χ1) is 9.86. The van der Waals surface area contributed by atoms with E-state index in [1.54, 1.807) is 0 Å². The van der Waals surface area contributed by atoms with Gasteiger partial charge in [-0.3, -0.25) is 4.79 Å². The Morgan fingerprint density at radius 3 is 2.48 bits per heavy atom. The fourth-order valence-electron chi connectivity index (χ4n) is 1.71. The van der Waals surface area contributed by atoms with Gasteiger partial charge in [-0.15, -0.1) is 0 Å². The Hall–Kier alpha value is -1.86. The maximum atomic E-state index is 13.3. The van der Waals surface area contributed by atoms with Crippen LogP contribution in [0, 0.1) is 11.6 Å². The van der Waals surface area contributed by atoms with Crippen LogP contribution in [0.1, 0.15) is 15.9 Å². The van der Waals surface area contributed by atoms with Crippen molar-refractivity contribution in [1.29, 1.82) is 0 Å². The average molecular weight is 371 g/mol. The van der Waals surface area contributed by atoms with Crippen molar-refractivity contribution >= 4 is 44.7 Å². The Bertz CT molecular complexity index is 717. The highest BCUT2D eigenvalue weighted by molar-refractivity contribution is 9.10. The molecule has 0 heterocycles. The Balaban J connectivity index is 2.33. The van der Waals surface area contributed by atoms with E-state index in [1.807, 2.05) is 0 Å². The molecule has 0 radical (unpaired) electrons. The van der Waals surface area contributed by atoms with Crippen molar-refractivity contribution in [3.8, 4) is 0 Å². The van der Waals surface area contributed by atoms with Crippen molar-refractivity contribution in [1.82, 2.24) is 0 Å². The molecule has 3 N–H and O–H groups in total. The number of rotatable bonds is 3. The second-order valence-corrected chi connectivity index (χ2v) is 5.52. The molecule has 0 aliphatic carbocycles. The van der Waals surface area contributed by atoms with Gasteiger partial charge >= 0.3 is 0 Å². The second kappa shape index (κ2) is 6.28. The zero-order valence-corrected chi connectivity index (χ0v) is 12.9. The molecular weight excluding hydrogens is 362 g/mol. The van der Waals surface area contributed by atoms with Crippen LogP contribution in [0.3, 0.4) is 0 Å². The molecule has 0 fully saturated rings. The van der Waals surface area contributed by atoms with Crippen molar-refractivity contribution in [2.75, 3.05) is 5.32 Å². The summed E-state index contributed by atoms with van der Waals surface area (Å²) in [7, 11) is 0. The molecule has 0 atom stereocenters. The van der Waals surface area contributed by atoms with Crippen LogP contribution in [0.2, 0.25) is 0 Å². The maximum absolute atomic E-state index is 13.3. The van der Waals surface area contributed by atoms with Crippen LogP contribution in [0.15, 0.2) is 40.9 Å². The van der Waals surface area contributed by atoms with E-state index in [9.17, 15) is 13.6 Å². The first-order valence-corrected chi connectivity index (χ1v) is 6.94. The van der Waals surface area contributed by atoms with Gasteiger partial charge in [0.05, 0.1) is 5.69 Å². The van der Waals surface area contributed by atoms with Crippen molar-refractivity contribution in [2.45, 2.75) is 0 Å². The molecule has 3 nitrogen and oxygen atoms in total. The highest BCUT2D eigenvalue weighted by Crippen LogP contribution is 2.20. The number of carbonyl (C=O) groups is 1. The van der Waals surface area contributed by atoms with Crippen LogP contribution >= 0.6 is 28.1 Å². The molecule has 0 aliphatic rings. The van der Waals surface area contributed by atoms with Gasteiger partial charge in [-0.05, 0) is 36.4 Å². The summed E-state index contributed by atoms with van der Waals surface area (Å²) in [5.41, 5.74) is 6.06. The number of amides is 1. The van der Waals surface area contributed by atoms with E-state index in [0.717, 1.165) is 12.1 Å². The SMILES string of the molecule is NC(=S)c1cc(F)ccc1NC(=O)c1cc(F)cc(Br)c1. The van der Waals surface area contributed by atoms with E-state index < -0.39 is 17.5 Å². The van der Waals surface area contributed by atoms with Crippen LogP contribution < -0.4 is 11.1 Å². The first-order valence-electron chi connectivity index (χ1n) is 5.73. The Kier molecular flexibility index (Phi) is 4.64. The quantitative estimate of drug-likeness (QED) is 0.811. The molecular formula is C14H9BrF2N2OS. The molecule has 2 aromatic rings. The van der Waals surface area contributed by atoms with Crippen molar-refractivity contribution in [3.63, 3.8) is 0 Å². The third kappa shape index (κ3) is 3.83. The number of carbonyl (C=O) groups excluding carboxylic acids is 1. The van der Waals surface area contributed by atoms with E-state index >= 15 is 0 Å². The number of benzene rings is 2.